The summed E-state index contributed by atoms with van der Waals surface area (Å²) in [7, 11) is 4.48. The van der Waals surface area contributed by atoms with Crippen molar-refractivity contribution in [2.45, 2.75) is 0 Å². The molecule has 0 bridgehead atoms. The second kappa shape index (κ2) is 5.77. The average Bonchev–Trinajstić information content (AvgIpc) is 2.48. The van der Waals surface area contributed by atoms with Gasteiger partial charge in [0.2, 0.25) is 5.75 Å². The van der Waals surface area contributed by atoms with Crippen molar-refractivity contribution in [1.29, 1.82) is 0 Å². The maximum atomic E-state index is 13.3. The molecular weight excluding hydrogens is 266 g/mol. The van der Waals surface area contributed by atoms with Crippen LogP contribution in [-0.2, 0) is 0 Å². The van der Waals surface area contributed by atoms with E-state index in [9.17, 15) is 8.78 Å². The van der Waals surface area contributed by atoms with Gasteiger partial charge in [-0.05, 0) is 35.4 Å². The molecule has 2 aromatic rings. The quantitative estimate of drug-likeness (QED) is 0.855. The van der Waals surface area contributed by atoms with E-state index in [0.717, 1.165) is 12.1 Å². The van der Waals surface area contributed by atoms with Gasteiger partial charge in [-0.3, -0.25) is 0 Å². The van der Waals surface area contributed by atoms with Crippen molar-refractivity contribution < 1.29 is 23.0 Å². The fourth-order valence-corrected chi connectivity index (χ4v) is 1.92. The monoisotopic (exact) mass is 280 g/mol. The number of halogens is 2. The Morgan fingerprint density at radius 2 is 1.30 bits per heavy atom. The maximum Gasteiger partial charge on any atom is 0.203 e. The first-order chi connectivity index (χ1) is 9.60. The first-order valence-electron chi connectivity index (χ1n) is 5.86. The van der Waals surface area contributed by atoms with Crippen LogP contribution in [0.4, 0.5) is 8.78 Å². The molecule has 2 rings (SSSR count). The predicted octanol–water partition coefficient (Wildman–Crippen LogP) is 3.66. The van der Waals surface area contributed by atoms with E-state index in [1.165, 1.54) is 27.4 Å². The lowest BCUT2D eigenvalue weighted by atomic mass is 10.0. The van der Waals surface area contributed by atoms with Crippen LogP contribution in [0.15, 0.2) is 30.3 Å². The molecule has 0 spiro atoms. The fourth-order valence-electron chi connectivity index (χ4n) is 1.92. The Kier molecular flexibility index (Phi) is 4.08. The highest BCUT2D eigenvalue weighted by atomic mass is 19.2. The minimum absolute atomic E-state index is 0.446. The molecular formula is C15H14F2O3. The molecule has 0 amide bonds. The largest absolute Gasteiger partial charge is 0.493 e. The molecule has 0 aliphatic heterocycles. The Balaban J connectivity index is 2.59. The average molecular weight is 280 g/mol. The zero-order valence-corrected chi connectivity index (χ0v) is 11.4. The SMILES string of the molecule is COc1cc(-c2ccc(F)c(F)c2)cc(OC)c1OC. The standard InChI is InChI=1S/C15H14F2O3/c1-18-13-7-10(8-14(19-2)15(13)20-3)9-4-5-11(16)12(17)6-9/h4-8H,1-3H3. The van der Waals surface area contributed by atoms with Crippen molar-refractivity contribution in [1.82, 2.24) is 0 Å². The molecule has 2 aromatic carbocycles. The number of hydrogen-bond acceptors (Lipinski definition) is 3. The lowest BCUT2D eigenvalue weighted by Crippen LogP contribution is -1.96. The Labute approximate surface area is 115 Å². The van der Waals surface area contributed by atoms with Crippen LogP contribution < -0.4 is 14.2 Å². The summed E-state index contributed by atoms with van der Waals surface area (Å²) in [4.78, 5) is 0. The van der Waals surface area contributed by atoms with Gasteiger partial charge >= 0.3 is 0 Å². The minimum atomic E-state index is -0.906. The van der Waals surface area contributed by atoms with Crippen LogP contribution in [0.1, 0.15) is 0 Å². The first-order valence-corrected chi connectivity index (χ1v) is 5.86. The summed E-state index contributed by atoms with van der Waals surface area (Å²) in [6, 6.07) is 7.03. The van der Waals surface area contributed by atoms with E-state index in [2.05, 4.69) is 0 Å². The van der Waals surface area contributed by atoms with E-state index in [1.807, 2.05) is 0 Å². The van der Waals surface area contributed by atoms with Crippen molar-refractivity contribution in [2.24, 2.45) is 0 Å². The van der Waals surface area contributed by atoms with Crippen LogP contribution in [0.25, 0.3) is 11.1 Å². The molecule has 0 aliphatic carbocycles. The summed E-state index contributed by atoms with van der Waals surface area (Å²) < 4.78 is 41.9. The van der Waals surface area contributed by atoms with Gasteiger partial charge in [0.15, 0.2) is 23.1 Å². The highest BCUT2D eigenvalue weighted by molar-refractivity contribution is 5.71. The topological polar surface area (TPSA) is 27.7 Å². The molecule has 0 fully saturated rings. The molecule has 0 radical (unpaired) electrons. The van der Waals surface area contributed by atoms with Gasteiger partial charge in [-0.25, -0.2) is 8.78 Å². The van der Waals surface area contributed by atoms with Gasteiger partial charge in [0.05, 0.1) is 21.3 Å². The van der Waals surface area contributed by atoms with Gasteiger partial charge in [-0.1, -0.05) is 6.07 Å². The lowest BCUT2D eigenvalue weighted by molar-refractivity contribution is 0.324. The van der Waals surface area contributed by atoms with Crippen molar-refractivity contribution in [3.05, 3.63) is 42.0 Å². The van der Waals surface area contributed by atoms with Crippen LogP contribution >= 0.6 is 0 Å². The minimum Gasteiger partial charge on any atom is -0.493 e. The summed E-state index contributed by atoms with van der Waals surface area (Å²) >= 11 is 0. The van der Waals surface area contributed by atoms with Gasteiger partial charge in [-0.2, -0.15) is 0 Å². The first kappa shape index (κ1) is 14.1. The van der Waals surface area contributed by atoms with Crippen molar-refractivity contribution in [3.63, 3.8) is 0 Å². The number of rotatable bonds is 4. The second-order valence-electron chi connectivity index (χ2n) is 4.04. The molecule has 0 N–H and O–H groups in total. The Bertz CT molecular complexity index is 602. The second-order valence-corrected chi connectivity index (χ2v) is 4.04. The number of ether oxygens (including phenoxy) is 3. The van der Waals surface area contributed by atoms with E-state index in [1.54, 1.807) is 12.1 Å². The molecule has 0 unspecified atom stereocenters. The summed E-state index contributed by atoms with van der Waals surface area (Å²) in [6.07, 6.45) is 0. The molecule has 0 atom stereocenters. The Morgan fingerprint density at radius 1 is 0.700 bits per heavy atom. The third kappa shape index (κ3) is 2.52. The Hall–Kier alpha value is -2.30. The Morgan fingerprint density at radius 3 is 1.75 bits per heavy atom. The summed E-state index contributed by atoms with van der Waals surface area (Å²) in [5, 5.41) is 0. The van der Waals surface area contributed by atoms with Gasteiger partial charge < -0.3 is 14.2 Å². The molecule has 0 aliphatic rings. The fraction of sp³-hybridized carbons (Fsp3) is 0.200. The molecule has 0 saturated carbocycles. The third-order valence-electron chi connectivity index (χ3n) is 2.92. The van der Waals surface area contributed by atoms with E-state index >= 15 is 0 Å². The predicted molar refractivity (Wildman–Crippen MR) is 71.5 cm³/mol. The number of methoxy groups -OCH3 is 3. The molecule has 106 valence electrons. The van der Waals surface area contributed by atoms with Crippen molar-refractivity contribution in [3.8, 4) is 28.4 Å². The smallest absolute Gasteiger partial charge is 0.203 e. The van der Waals surface area contributed by atoms with Gasteiger partial charge in [-0.15, -0.1) is 0 Å². The normalized spacial score (nSPS) is 10.2. The van der Waals surface area contributed by atoms with E-state index in [4.69, 9.17) is 14.2 Å². The lowest BCUT2D eigenvalue weighted by Gasteiger charge is -2.14. The summed E-state index contributed by atoms with van der Waals surface area (Å²) in [5.41, 5.74) is 1.15. The van der Waals surface area contributed by atoms with E-state index < -0.39 is 11.6 Å². The number of benzene rings is 2. The molecule has 3 nitrogen and oxygen atoms in total. The summed E-state index contributed by atoms with van der Waals surface area (Å²) in [5.74, 6) is -0.447. The van der Waals surface area contributed by atoms with Crippen LogP contribution in [0, 0.1) is 11.6 Å². The van der Waals surface area contributed by atoms with Crippen LogP contribution in [0.5, 0.6) is 17.2 Å². The maximum absolute atomic E-state index is 13.3. The van der Waals surface area contributed by atoms with Gasteiger partial charge in [0.1, 0.15) is 0 Å². The molecule has 20 heavy (non-hydrogen) atoms. The molecule has 0 heterocycles. The summed E-state index contributed by atoms with van der Waals surface area (Å²) in [6.45, 7) is 0. The molecule has 5 heteroatoms. The number of hydrogen-bond donors (Lipinski definition) is 0. The van der Waals surface area contributed by atoms with Crippen molar-refractivity contribution in [2.75, 3.05) is 21.3 Å². The van der Waals surface area contributed by atoms with Gasteiger partial charge in [0, 0.05) is 0 Å². The van der Waals surface area contributed by atoms with Crippen molar-refractivity contribution >= 4 is 0 Å². The van der Waals surface area contributed by atoms with E-state index in [-0.39, 0.29) is 0 Å². The van der Waals surface area contributed by atoms with Crippen LogP contribution in [0.2, 0.25) is 0 Å². The molecule has 0 saturated heterocycles. The third-order valence-corrected chi connectivity index (χ3v) is 2.92. The van der Waals surface area contributed by atoms with Crippen LogP contribution in [-0.4, -0.2) is 21.3 Å². The van der Waals surface area contributed by atoms with Gasteiger partial charge in [0.25, 0.3) is 0 Å². The zero-order chi connectivity index (χ0) is 14.7. The van der Waals surface area contributed by atoms with E-state index in [0.29, 0.717) is 28.4 Å². The zero-order valence-electron chi connectivity index (χ0n) is 11.4. The highest BCUT2D eigenvalue weighted by Gasteiger charge is 2.14. The molecule has 0 aromatic heterocycles. The highest BCUT2D eigenvalue weighted by Crippen LogP contribution is 2.41. The van der Waals surface area contributed by atoms with Crippen LogP contribution in [0.3, 0.4) is 0 Å².